The number of amides is 3. The van der Waals surface area contributed by atoms with E-state index in [0.29, 0.717) is 0 Å². The Labute approximate surface area is 136 Å². The van der Waals surface area contributed by atoms with E-state index < -0.39 is 34.4 Å². The number of carbonyl (C=O) groups excluding carboxylic acids is 3. The second kappa shape index (κ2) is 6.94. The molecule has 0 radical (unpaired) electrons. The van der Waals surface area contributed by atoms with Crippen LogP contribution in [0.15, 0.2) is 12.1 Å². The van der Waals surface area contributed by atoms with E-state index in [9.17, 15) is 24.5 Å². The molecule has 0 spiro atoms. The van der Waals surface area contributed by atoms with Gasteiger partial charge in [-0.3, -0.25) is 29.8 Å². The Morgan fingerprint density at radius 2 is 1.92 bits per heavy atom. The van der Waals surface area contributed by atoms with E-state index in [0.717, 1.165) is 12.1 Å². The van der Waals surface area contributed by atoms with Crippen LogP contribution in [0.25, 0.3) is 0 Å². The molecule has 10 nitrogen and oxygen atoms in total. The zero-order chi connectivity index (χ0) is 17.9. The first kappa shape index (κ1) is 17.2. The molecule has 0 aliphatic carbocycles. The largest absolute Gasteiger partial charge is 0.493 e. The van der Waals surface area contributed by atoms with Crippen LogP contribution in [0, 0.1) is 10.1 Å². The standard InChI is InChI=1S/C14H15N3O7/c1-23-10-5-7(9(17(21)22)6-11(10)24-2)13(19)15-8-3-4-12(18)16-14(8)20/h5-6,8H,3-4H2,1-2H3,(H,15,19)(H,16,18,20). The van der Waals surface area contributed by atoms with Gasteiger partial charge in [-0.2, -0.15) is 0 Å². The molecule has 1 heterocycles. The van der Waals surface area contributed by atoms with Crippen LogP contribution in [0.5, 0.6) is 11.5 Å². The molecule has 1 aliphatic heterocycles. The van der Waals surface area contributed by atoms with Gasteiger partial charge in [-0.1, -0.05) is 0 Å². The summed E-state index contributed by atoms with van der Waals surface area (Å²) in [5, 5.41) is 15.7. The zero-order valence-corrected chi connectivity index (χ0v) is 13.0. The van der Waals surface area contributed by atoms with E-state index in [1.165, 1.54) is 14.2 Å². The first-order chi connectivity index (χ1) is 11.4. The molecule has 2 rings (SSSR count). The van der Waals surface area contributed by atoms with Gasteiger partial charge in [0.15, 0.2) is 11.5 Å². The summed E-state index contributed by atoms with van der Waals surface area (Å²) in [7, 11) is 2.64. The van der Waals surface area contributed by atoms with Gasteiger partial charge >= 0.3 is 0 Å². The second-order valence-corrected chi connectivity index (χ2v) is 4.96. The van der Waals surface area contributed by atoms with Gasteiger partial charge in [0, 0.05) is 12.5 Å². The summed E-state index contributed by atoms with van der Waals surface area (Å²) in [6.45, 7) is 0. The Kier molecular flexibility index (Phi) is 4.97. The predicted molar refractivity (Wildman–Crippen MR) is 79.8 cm³/mol. The molecule has 1 saturated heterocycles. The van der Waals surface area contributed by atoms with Crippen LogP contribution in [0.4, 0.5) is 5.69 Å². The molecule has 3 amide bonds. The number of ether oxygens (including phenoxy) is 2. The number of benzene rings is 1. The smallest absolute Gasteiger partial charge is 0.286 e. The first-order valence-corrected chi connectivity index (χ1v) is 6.92. The summed E-state index contributed by atoms with van der Waals surface area (Å²) in [4.78, 5) is 45.6. The molecule has 1 aromatic rings. The van der Waals surface area contributed by atoms with Crippen molar-refractivity contribution in [3.8, 4) is 11.5 Å². The molecule has 24 heavy (non-hydrogen) atoms. The lowest BCUT2D eigenvalue weighted by atomic mass is 10.0. The van der Waals surface area contributed by atoms with Gasteiger partial charge in [-0.25, -0.2) is 0 Å². The third-order valence-corrected chi connectivity index (χ3v) is 3.49. The lowest BCUT2D eigenvalue weighted by Gasteiger charge is -2.21. The van der Waals surface area contributed by atoms with Crippen molar-refractivity contribution < 1.29 is 28.8 Å². The third-order valence-electron chi connectivity index (χ3n) is 3.49. The van der Waals surface area contributed by atoms with Crippen molar-refractivity contribution in [2.75, 3.05) is 14.2 Å². The highest BCUT2D eigenvalue weighted by Gasteiger charge is 2.31. The minimum absolute atomic E-state index is 0.0741. The average molecular weight is 337 g/mol. The van der Waals surface area contributed by atoms with Gasteiger partial charge in [0.1, 0.15) is 11.6 Å². The molecule has 1 aromatic carbocycles. The van der Waals surface area contributed by atoms with Crippen LogP contribution in [-0.2, 0) is 9.59 Å². The molecule has 1 aliphatic rings. The number of methoxy groups -OCH3 is 2. The van der Waals surface area contributed by atoms with Crippen LogP contribution in [-0.4, -0.2) is 42.9 Å². The molecule has 0 aromatic heterocycles. The number of hydrogen-bond acceptors (Lipinski definition) is 7. The topological polar surface area (TPSA) is 137 Å². The number of imide groups is 1. The van der Waals surface area contributed by atoms with Crippen molar-refractivity contribution in [1.82, 2.24) is 10.6 Å². The number of rotatable bonds is 5. The molecule has 1 atom stereocenters. The highest BCUT2D eigenvalue weighted by Crippen LogP contribution is 2.34. The van der Waals surface area contributed by atoms with E-state index in [-0.39, 0.29) is 29.9 Å². The summed E-state index contributed by atoms with van der Waals surface area (Å²) < 4.78 is 10.0. The second-order valence-electron chi connectivity index (χ2n) is 4.96. The molecule has 2 N–H and O–H groups in total. The van der Waals surface area contributed by atoms with Crippen LogP contribution in [0.1, 0.15) is 23.2 Å². The van der Waals surface area contributed by atoms with Crippen molar-refractivity contribution in [3.63, 3.8) is 0 Å². The van der Waals surface area contributed by atoms with Crippen LogP contribution in [0.2, 0.25) is 0 Å². The Hall–Kier alpha value is -3.17. The third kappa shape index (κ3) is 3.42. The first-order valence-electron chi connectivity index (χ1n) is 6.92. The fourth-order valence-corrected chi connectivity index (χ4v) is 2.27. The molecule has 10 heteroatoms. The summed E-state index contributed by atoms with van der Waals surface area (Å²) >= 11 is 0. The van der Waals surface area contributed by atoms with E-state index in [1.54, 1.807) is 0 Å². The lowest BCUT2D eigenvalue weighted by Crippen LogP contribution is -2.52. The van der Waals surface area contributed by atoms with Crippen molar-refractivity contribution in [2.45, 2.75) is 18.9 Å². The Morgan fingerprint density at radius 3 is 2.46 bits per heavy atom. The van der Waals surface area contributed by atoms with Crippen molar-refractivity contribution in [2.24, 2.45) is 0 Å². The molecular formula is C14H15N3O7. The lowest BCUT2D eigenvalue weighted by molar-refractivity contribution is -0.385. The Morgan fingerprint density at radius 1 is 1.29 bits per heavy atom. The molecule has 0 bridgehead atoms. The SMILES string of the molecule is COc1cc(C(=O)NC2CCC(=O)NC2=O)c([N+](=O)[O-])cc1OC. The number of nitro groups is 1. The normalized spacial score (nSPS) is 17.0. The van der Waals surface area contributed by atoms with Gasteiger partial charge in [-0.15, -0.1) is 0 Å². The van der Waals surface area contributed by atoms with E-state index >= 15 is 0 Å². The van der Waals surface area contributed by atoms with Crippen molar-refractivity contribution >= 4 is 23.4 Å². The van der Waals surface area contributed by atoms with Crippen LogP contribution >= 0.6 is 0 Å². The van der Waals surface area contributed by atoms with E-state index in [1.807, 2.05) is 0 Å². The monoisotopic (exact) mass is 337 g/mol. The molecular weight excluding hydrogens is 322 g/mol. The molecule has 1 unspecified atom stereocenters. The number of hydrogen-bond donors (Lipinski definition) is 2. The van der Waals surface area contributed by atoms with E-state index in [2.05, 4.69) is 10.6 Å². The summed E-state index contributed by atoms with van der Waals surface area (Å²) in [5.74, 6) is -1.67. The minimum atomic E-state index is -0.942. The van der Waals surface area contributed by atoms with Gasteiger partial charge in [-0.05, 0) is 6.42 Å². The van der Waals surface area contributed by atoms with Crippen LogP contribution in [0.3, 0.4) is 0 Å². The Bertz CT molecular complexity index is 717. The number of nitro benzene ring substituents is 1. The minimum Gasteiger partial charge on any atom is -0.493 e. The fraction of sp³-hybridized carbons (Fsp3) is 0.357. The van der Waals surface area contributed by atoms with Gasteiger partial charge in [0.05, 0.1) is 25.2 Å². The molecule has 128 valence electrons. The summed E-state index contributed by atoms with van der Waals surface area (Å²) in [6.07, 6.45) is 0.197. The predicted octanol–water partition coefficient (Wildman–Crippen LogP) is 0.147. The van der Waals surface area contributed by atoms with Gasteiger partial charge in [0.2, 0.25) is 11.8 Å². The maximum atomic E-state index is 12.4. The summed E-state index contributed by atoms with van der Waals surface area (Å²) in [5.41, 5.74) is -0.764. The average Bonchev–Trinajstić information content (AvgIpc) is 2.55. The van der Waals surface area contributed by atoms with Crippen molar-refractivity contribution in [3.05, 3.63) is 27.8 Å². The maximum Gasteiger partial charge on any atom is 0.286 e. The zero-order valence-electron chi connectivity index (χ0n) is 13.0. The highest BCUT2D eigenvalue weighted by atomic mass is 16.6. The Balaban J connectivity index is 2.32. The highest BCUT2D eigenvalue weighted by molar-refractivity contribution is 6.05. The number of carbonyl (C=O) groups is 3. The van der Waals surface area contributed by atoms with E-state index in [4.69, 9.17) is 9.47 Å². The maximum absolute atomic E-state index is 12.4. The number of nitrogens with one attached hydrogen (secondary N) is 2. The number of nitrogens with zero attached hydrogens (tertiary/aromatic N) is 1. The fourth-order valence-electron chi connectivity index (χ4n) is 2.27. The quantitative estimate of drug-likeness (QED) is 0.443. The number of piperidine rings is 1. The van der Waals surface area contributed by atoms with Crippen LogP contribution < -0.4 is 20.1 Å². The van der Waals surface area contributed by atoms with Crippen molar-refractivity contribution in [1.29, 1.82) is 0 Å². The van der Waals surface area contributed by atoms with Gasteiger partial charge in [0.25, 0.3) is 11.6 Å². The van der Waals surface area contributed by atoms with Gasteiger partial charge < -0.3 is 14.8 Å². The molecule has 0 saturated carbocycles. The molecule has 1 fully saturated rings. The summed E-state index contributed by atoms with van der Waals surface area (Å²) in [6, 6.07) is 1.29.